The van der Waals surface area contributed by atoms with Gasteiger partial charge in [0.25, 0.3) is 0 Å². The van der Waals surface area contributed by atoms with E-state index in [1.165, 1.54) is 18.3 Å². The lowest BCUT2D eigenvalue weighted by Crippen LogP contribution is -2.38. The Morgan fingerprint density at radius 2 is 1.97 bits per heavy atom. The fraction of sp³-hybridized carbons (Fsp3) is 0.333. The van der Waals surface area contributed by atoms with Crippen molar-refractivity contribution in [2.45, 2.75) is 32.5 Å². The van der Waals surface area contributed by atoms with Crippen LogP contribution in [0.4, 0.5) is 5.69 Å². The molecule has 1 fully saturated rings. The first-order valence-corrected chi connectivity index (χ1v) is 10.9. The quantitative estimate of drug-likeness (QED) is 0.522. The number of pyridine rings is 1. The number of carbonyl (C=O) groups is 1. The summed E-state index contributed by atoms with van der Waals surface area (Å²) in [6.07, 6.45) is 3.62. The number of aromatic nitrogens is 3. The first-order chi connectivity index (χ1) is 14.6. The van der Waals surface area contributed by atoms with Gasteiger partial charge >= 0.3 is 5.97 Å². The molecule has 2 aromatic heterocycles. The van der Waals surface area contributed by atoms with Gasteiger partial charge in [-0.15, -0.1) is 10.2 Å². The Bertz CT molecular complexity index is 1000. The minimum atomic E-state index is -0.326. The molecule has 1 aliphatic rings. The average Bonchev–Trinajstić information content (AvgIpc) is 3.24. The third-order valence-corrected chi connectivity index (χ3v) is 6.02. The summed E-state index contributed by atoms with van der Waals surface area (Å²) in [5, 5.41) is 10.3. The summed E-state index contributed by atoms with van der Waals surface area (Å²) in [6.45, 7) is 3.34. The minimum Gasteiger partial charge on any atom is -0.473 e. The number of carbonyl (C=O) groups excluding carboxylic acids is 1. The average molecular weight is 445 g/mol. The first-order valence-electron chi connectivity index (χ1n) is 9.67. The molecule has 1 saturated heterocycles. The lowest BCUT2D eigenvalue weighted by atomic mass is 10.1. The van der Waals surface area contributed by atoms with Crippen molar-refractivity contribution in [3.8, 4) is 16.5 Å². The molecule has 0 amide bonds. The number of hydrogen-bond acceptors (Lipinski definition) is 8. The van der Waals surface area contributed by atoms with Crippen molar-refractivity contribution in [3.05, 3.63) is 52.6 Å². The first kappa shape index (κ1) is 20.6. The van der Waals surface area contributed by atoms with Crippen LogP contribution in [0.3, 0.4) is 0 Å². The van der Waals surface area contributed by atoms with Gasteiger partial charge in [0, 0.05) is 50.3 Å². The lowest BCUT2D eigenvalue weighted by Gasteiger charge is -2.33. The standard InChI is InChI=1S/C21H21ClN4O3S/c1-14(27)28-13-19-24-25-21(30-19)15-4-6-16(7-5-15)26-11-8-17(9-12-26)29-20-18(22)3-2-10-23-20/h2-7,10,17H,8-9,11-13H2,1H3. The van der Waals surface area contributed by atoms with Gasteiger partial charge in [0.15, 0.2) is 5.01 Å². The zero-order valence-electron chi connectivity index (χ0n) is 16.5. The molecule has 9 heteroatoms. The van der Waals surface area contributed by atoms with Crippen molar-refractivity contribution < 1.29 is 14.3 Å². The number of piperidine rings is 1. The van der Waals surface area contributed by atoms with Gasteiger partial charge in [-0.2, -0.15) is 0 Å². The highest BCUT2D eigenvalue weighted by Crippen LogP contribution is 2.29. The SMILES string of the molecule is CC(=O)OCc1nnc(-c2ccc(N3CCC(Oc4ncccc4Cl)CC3)cc2)s1. The van der Waals surface area contributed by atoms with Gasteiger partial charge in [-0.3, -0.25) is 4.79 Å². The van der Waals surface area contributed by atoms with Crippen LogP contribution in [0.15, 0.2) is 42.6 Å². The smallest absolute Gasteiger partial charge is 0.303 e. The van der Waals surface area contributed by atoms with Gasteiger partial charge in [0.05, 0.1) is 0 Å². The normalized spacial score (nSPS) is 14.5. The van der Waals surface area contributed by atoms with E-state index in [1.807, 2.05) is 12.1 Å². The van der Waals surface area contributed by atoms with Crippen LogP contribution in [0.2, 0.25) is 5.02 Å². The van der Waals surface area contributed by atoms with Gasteiger partial charge in [-0.05, 0) is 36.4 Å². The molecule has 0 unspecified atom stereocenters. The van der Waals surface area contributed by atoms with E-state index in [2.05, 4.69) is 32.2 Å². The van der Waals surface area contributed by atoms with Gasteiger partial charge in [0.2, 0.25) is 5.88 Å². The Morgan fingerprint density at radius 1 is 1.20 bits per heavy atom. The lowest BCUT2D eigenvalue weighted by molar-refractivity contribution is -0.142. The second kappa shape index (κ2) is 9.40. The highest BCUT2D eigenvalue weighted by atomic mass is 35.5. The van der Waals surface area contributed by atoms with Crippen LogP contribution in [0.25, 0.3) is 10.6 Å². The van der Waals surface area contributed by atoms with E-state index in [0.29, 0.717) is 15.9 Å². The van der Waals surface area contributed by atoms with Gasteiger partial charge in [-0.25, -0.2) is 4.98 Å². The van der Waals surface area contributed by atoms with Crippen molar-refractivity contribution >= 4 is 34.6 Å². The summed E-state index contributed by atoms with van der Waals surface area (Å²) >= 11 is 7.56. The number of benzene rings is 1. The predicted octanol–water partition coefficient (Wildman–Crippen LogP) is 4.36. The van der Waals surface area contributed by atoms with E-state index in [9.17, 15) is 4.79 Å². The van der Waals surface area contributed by atoms with E-state index in [-0.39, 0.29) is 18.7 Å². The van der Waals surface area contributed by atoms with Crippen LogP contribution < -0.4 is 9.64 Å². The monoisotopic (exact) mass is 444 g/mol. The largest absolute Gasteiger partial charge is 0.473 e. The van der Waals surface area contributed by atoms with E-state index in [1.54, 1.807) is 18.3 Å². The Kier molecular flexibility index (Phi) is 6.44. The van der Waals surface area contributed by atoms with Crippen LogP contribution in [-0.4, -0.2) is 40.3 Å². The molecule has 156 valence electrons. The molecular formula is C21H21ClN4O3S. The zero-order valence-corrected chi connectivity index (χ0v) is 18.0. The molecule has 0 bridgehead atoms. The number of hydrogen-bond donors (Lipinski definition) is 0. The molecule has 1 aromatic carbocycles. The zero-order chi connectivity index (χ0) is 20.9. The Balaban J connectivity index is 1.33. The Labute approximate surface area is 183 Å². The van der Waals surface area contributed by atoms with Crippen LogP contribution in [0.1, 0.15) is 24.8 Å². The number of ether oxygens (including phenoxy) is 2. The van der Waals surface area contributed by atoms with Crippen LogP contribution in [0, 0.1) is 0 Å². The summed E-state index contributed by atoms with van der Waals surface area (Å²) in [7, 11) is 0. The van der Waals surface area contributed by atoms with E-state index >= 15 is 0 Å². The van der Waals surface area contributed by atoms with Crippen molar-refractivity contribution in [2.24, 2.45) is 0 Å². The summed E-state index contributed by atoms with van der Waals surface area (Å²) < 4.78 is 10.9. The second-order valence-corrected chi connectivity index (χ2v) is 8.39. The summed E-state index contributed by atoms with van der Waals surface area (Å²) in [5.74, 6) is 0.181. The topological polar surface area (TPSA) is 77.4 Å². The second-order valence-electron chi connectivity index (χ2n) is 6.92. The number of esters is 1. The minimum absolute atomic E-state index is 0.116. The number of nitrogens with zero attached hydrogens (tertiary/aromatic N) is 4. The van der Waals surface area contributed by atoms with E-state index < -0.39 is 0 Å². The molecule has 1 aliphatic heterocycles. The number of halogens is 1. The highest BCUT2D eigenvalue weighted by molar-refractivity contribution is 7.14. The molecular weight excluding hydrogens is 424 g/mol. The molecule has 0 radical (unpaired) electrons. The molecule has 3 aromatic rings. The molecule has 0 spiro atoms. The molecule has 0 saturated carbocycles. The van der Waals surface area contributed by atoms with Crippen LogP contribution in [0.5, 0.6) is 5.88 Å². The van der Waals surface area contributed by atoms with Crippen molar-refractivity contribution in [3.63, 3.8) is 0 Å². The van der Waals surface area contributed by atoms with Crippen molar-refractivity contribution in [1.29, 1.82) is 0 Å². The number of anilines is 1. The summed E-state index contributed by atoms with van der Waals surface area (Å²) in [6, 6.07) is 11.9. The number of rotatable bonds is 6. The molecule has 0 N–H and O–H groups in total. The molecule has 0 aliphatic carbocycles. The van der Waals surface area contributed by atoms with E-state index in [4.69, 9.17) is 21.1 Å². The van der Waals surface area contributed by atoms with E-state index in [0.717, 1.165) is 42.2 Å². The Morgan fingerprint density at radius 3 is 2.67 bits per heavy atom. The van der Waals surface area contributed by atoms with Gasteiger partial charge in [0.1, 0.15) is 22.7 Å². The fourth-order valence-corrected chi connectivity index (χ4v) is 4.18. The molecule has 4 rings (SSSR count). The maximum Gasteiger partial charge on any atom is 0.303 e. The fourth-order valence-electron chi connectivity index (χ4n) is 3.25. The maximum atomic E-state index is 10.9. The van der Waals surface area contributed by atoms with Crippen molar-refractivity contribution in [2.75, 3.05) is 18.0 Å². The molecule has 30 heavy (non-hydrogen) atoms. The summed E-state index contributed by atoms with van der Waals surface area (Å²) in [4.78, 5) is 17.5. The Hall–Kier alpha value is -2.71. The summed E-state index contributed by atoms with van der Waals surface area (Å²) in [5.41, 5.74) is 2.16. The molecule has 3 heterocycles. The molecule has 7 nitrogen and oxygen atoms in total. The highest BCUT2D eigenvalue weighted by Gasteiger charge is 2.22. The molecule has 0 atom stereocenters. The van der Waals surface area contributed by atoms with Crippen LogP contribution >= 0.6 is 22.9 Å². The van der Waals surface area contributed by atoms with Crippen molar-refractivity contribution in [1.82, 2.24) is 15.2 Å². The van der Waals surface area contributed by atoms with Gasteiger partial charge < -0.3 is 14.4 Å². The third kappa shape index (κ3) is 5.06. The third-order valence-electron chi connectivity index (χ3n) is 4.79. The van der Waals surface area contributed by atoms with Crippen LogP contribution in [-0.2, 0) is 16.1 Å². The predicted molar refractivity (Wildman–Crippen MR) is 116 cm³/mol. The van der Waals surface area contributed by atoms with Gasteiger partial charge in [-0.1, -0.05) is 22.9 Å². The maximum absolute atomic E-state index is 10.9.